The summed E-state index contributed by atoms with van der Waals surface area (Å²) in [5.74, 6) is -0.277. The van der Waals surface area contributed by atoms with Gasteiger partial charge in [-0.15, -0.1) is 0 Å². The fourth-order valence-electron chi connectivity index (χ4n) is 8.29. The molecular weight excluding hydrogens is 679 g/mol. The molecule has 5 nitrogen and oxygen atoms in total. The second kappa shape index (κ2) is 46.0. The first-order valence-electron chi connectivity index (χ1n) is 25.3. The van der Waals surface area contributed by atoms with E-state index in [1.807, 2.05) is 0 Å². The highest BCUT2D eigenvalue weighted by molar-refractivity contribution is 5.76. The van der Waals surface area contributed by atoms with Gasteiger partial charge in [0.05, 0.1) is 31.3 Å². The zero-order valence-corrected chi connectivity index (χ0v) is 37.6. The van der Waals surface area contributed by atoms with Crippen LogP contribution in [0.1, 0.15) is 290 Å². The van der Waals surface area contributed by atoms with Gasteiger partial charge in [0.25, 0.3) is 0 Å². The molecule has 0 bridgehead atoms. The average Bonchev–Trinajstić information content (AvgIpc) is 3.18. The van der Waals surface area contributed by atoms with E-state index in [0.717, 1.165) is 25.7 Å². The minimum absolute atomic E-state index is 0.0430. The van der Waals surface area contributed by atoms with Crippen LogP contribution in [0.15, 0.2) is 0 Å². The third-order valence-corrected chi connectivity index (χ3v) is 12.2. The summed E-state index contributed by atoms with van der Waals surface area (Å²) < 4.78 is 0. The van der Waals surface area contributed by atoms with Gasteiger partial charge in [0.1, 0.15) is 0 Å². The number of hydrogen-bond donors (Lipinski definition) is 4. The van der Waals surface area contributed by atoms with Gasteiger partial charge >= 0.3 is 0 Å². The van der Waals surface area contributed by atoms with Crippen molar-refractivity contribution in [1.82, 2.24) is 5.32 Å². The van der Waals surface area contributed by atoms with Gasteiger partial charge in [-0.05, 0) is 12.8 Å². The molecule has 0 radical (unpaired) electrons. The average molecular weight is 780 g/mol. The maximum absolute atomic E-state index is 12.5. The molecule has 0 heterocycles. The Bertz CT molecular complexity index is 733. The van der Waals surface area contributed by atoms with Gasteiger partial charge in [0, 0.05) is 0 Å². The van der Waals surface area contributed by atoms with Crippen LogP contribution in [-0.4, -0.2) is 46.1 Å². The molecule has 3 unspecified atom stereocenters. The van der Waals surface area contributed by atoms with Gasteiger partial charge in [-0.3, -0.25) is 4.79 Å². The van der Waals surface area contributed by atoms with E-state index in [4.69, 9.17) is 0 Å². The molecule has 0 aliphatic carbocycles. The quantitative estimate of drug-likeness (QED) is 0.0463. The molecule has 3 atom stereocenters. The van der Waals surface area contributed by atoms with E-state index in [1.165, 1.54) is 231 Å². The number of rotatable bonds is 47. The SMILES string of the molecule is CCCCCCCCCCCCCCCCCCCCCCCCCCCCCCC(O)CC(=O)NC(CO)C(O)CCCCCCCCCCCCCC. The summed E-state index contributed by atoms with van der Waals surface area (Å²) in [6.07, 6.45) is 53.9. The van der Waals surface area contributed by atoms with Crippen molar-refractivity contribution in [2.75, 3.05) is 6.61 Å². The second-order valence-electron chi connectivity index (χ2n) is 17.8. The third-order valence-electron chi connectivity index (χ3n) is 12.2. The number of nitrogens with one attached hydrogen (secondary N) is 1. The monoisotopic (exact) mass is 780 g/mol. The molecule has 5 heteroatoms. The number of hydrogen-bond acceptors (Lipinski definition) is 4. The molecule has 330 valence electrons. The molecule has 0 fully saturated rings. The van der Waals surface area contributed by atoms with Crippen molar-refractivity contribution >= 4 is 5.91 Å². The number of aliphatic hydroxyl groups excluding tert-OH is 3. The van der Waals surface area contributed by atoms with Crippen molar-refractivity contribution in [2.24, 2.45) is 0 Å². The van der Waals surface area contributed by atoms with Gasteiger partial charge in [0.15, 0.2) is 0 Å². The number of amides is 1. The van der Waals surface area contributed by atoms with Crippen LogP contribution in [-0.2, 0) is 4.79 Å². The van der Waals surface area contributed by atoms with Crippen LogP contribution < -0.4 is 5.32 Å². The van der Waals surface area contributed by atoms with E-state index in [9.17, 15) is 20.1 Å². The first kappa shape index (κ1) is 54.3. The van der Waals surface area contributed by atoms with E-state index >= 15 is 0 Å². The topological polar surface area (TPSA) is 89.8 Å². The normalized spacial score (nSPS) is 13.3. The van der Waals surface area contributed by atoms with Crippen LogP contribution in [0.25, 0.3) is 0 Å². The molecule has 0 spiro atoms. The van der Waals surface area contributed by atoms with Crippen molar-refractivity contribution < 1.29 is 20.1 Å². The maximum atomic E-state index is 12.5. The standard InChI is InChI=1S/C50H101NO4/c1-3-5-7-9-11-13-15-17-18-19-20-21-22-23-24-25-26-27-28-29-30-31-32-33-35-37-39-41-43-47(53)45-50(55)51-48(46-52)49(54)44-42-40-38-36-34-16-14-12-10-8-6-4-2/h47-49,52-54H,3-46H2,1-2H3,(H,51,55). The lowest BCUT2D eigenvalue weighted by Crippen LogP contribution is -2.46. The Morgan fingerprint density at radius 1 is 0.382 bits per heavy atom. The Morgan fingerprint density at radius 2 is 0.618 bits per heavy atom. The van der Waals surface area contributed by atoms with Crippen LogP contribution in [0, 0.1) is 0 Å². The third kappa shape index (κ3) is 42.8. The second-order valence-corrected chi connectivity index (χ2v) is 17.8. The van der Waals surface area contributed by atoms with Gasteiger partial charge in [0.2, 0.25) is 5.91 Å². The summed E-state index contributed by atoms with van der Waals surface area (Å²) in [5, 5.41) is 33.4. The lowest BCUT2D eigenvalue weighted by atomic mass is 10.0. The zero-order valence-electron chi connectivity index (χ0n) is 37.6. The van der Waals surface area contributed by atoms with E-state index in [-0.39, 0.29) is 18.9 Å². The first-order chi connectivity index (χ1) is 27.0. The Morgan fingerprint density at radius 3 is 0.873 bits per heavy atom. The highest BCUT2D eigenvalue weighted by Gasteiger charge is 2.21. The van der Waals surface area contributed by atoms with Crippen molar-refractivity contribution in [3.63, 3.8) is 0 Å². The number of aliphatic hydroxyl groups is 3. The summed E-state index contributed by atoms with van der Waals surface area (Å²) >= 11 is 0. The molecule has 0 aromatic rings. The molecule has 0 aliphatic heterocycles. The molecule has 0 aliphatic rings. The number of carbonyl (C=O) groups is 1. The molecular formula is C50H101NO4. The predicted octanol–water partition coefficient (Wildman–Crippen LogP) is 15.0. The maximum Gasteiger partial charge on any atom is 0.222 e. The summed E-state index contributed by atoms with van der Waals surface area (Å²) in [7, 11) is 0. The molecule has 0 rings (SSSR count). The van der Waals surface area contributed by atoms with Crippen LogP contribution in [0.5, 0.6) is 0 Å². The van der Waals surface area contributed by atoms with Crippen LogP contribution >= 0.6 is 0 Å². The van der Waals surface area contributed by atoms with E-state index in [0.29, 0.717) is 12.8 Å². The van der Waals surface area contributed by atoms with Gasteiger partial charge in [-0.1, -0.05) is 271 Å². The van der Waals surface area contributed by atoms with E-state index in [1.54, 1.807) is 0 Å². The molecule has 0 aromatic carbocycles. The van der Waals surface area contributed by atoms with Crippen molar-refractivity contribution in [2.45, 2.75) is 308 Å². The number of unbranched alkanes of at least 4 members (excludes halogenated alkanes) is 38. The molecule has 4 N–H and O–H groups in total. The summed E-state index contributed by atoms with van der Waals surface area (Å²) in [4.78, 5) is 12.5. The smallest absolute Gasteiger partial charge is 0.222 e. The zero-order chi connectivity index (χ0) is 40.1. The van der Waals surface area contributed by atoms with Crippen molar-refractivity contribution in [3.8, 4) is 0 Å². The van der Waals surface area contributed by atoms with Crippen LogP contribution in [0.4, 0.5) is 0 Å². The minimum Gasteiger partial charge on any atom is -0.394 e. The lowest BCUT2D eigenvalue weighted by Gasteiger charge is -2.23. The molecule has 55 heavy (non-hydrogen) atoms. The fraction of sp³-hybridized carbons (Fsp3) is 0.980. The van der Waals surface area contributed by atoms with Gasteiger partial charge in [-0.2, -0.15) is 0 Å². The Hall–Kier alpha value is -0.650. The largest absolute Gasteiger partial charge is 0.394 e. The van der Waals surface area contributed by atoms with Crippen LogP contribution in [0.3, 0.4) is 0 Å². The van der Waals surface area contributed by atoms with E-state index in [2.05, 4.69) is 19.2 Å². The van der Waals surface area contributed by atoms with Gasteiger partial charge in [-0.25, -0.2) is 0 Å². The predicted molar refractivity (Wildman–Crippen MR) is 241 cm³/mol. The van der Waals surface area contributed by atoms with Gasteiger partial charge < -0.3 is 20.6 Å². The molecule has 0 aromatic heterocycles. The fourth-order valence-corrected chi connectivity index (χ4v) is 8.29. The summed E-state index contributed by atoms with van der Waals surface area (Å²) in [6.45, 7) is 4.28. The first-order valence-corrected chi connectivity index (χ1v) is 25.3. The highest BCUT2D eigenvalue weighted by atomic mass is 16.3. The Labute approximate surface area is 345 Å². The minimum atomic E-state index is -0.743. The lowest BCUT2D eigenvalue weighted by molar-refractivity contribution is -0.125. The van der Waals surface area contributed by atoms with Crippen molar-refractivity contribution in [1.29, 1.82) is 0 Å². The Kier molecular flexibility index (Phi) is 45.5. The van der Waals surface area contributed by atoms with Crippen LogP contribution in [0.2, 0.25) is 0 Å². The Balaban J connectivity index is 3.45. The van der Waals surface area contributed by atoms with E-state index < -0.39 is 18.2 Å². The highest BCUT2D eigenvalue weighted by Crippen LogP contribution is 2.18. The number of carbonyl (C=O) groups excluding carboxylic acids is 1. The molecule has 1 amide bonds. The summed E-state index contributed by atoms with van der Waals surface area (Å²) in [5.41, 5.74) is 0. The van der Waals surface area contributed by atoms with Crippen molar-refractivity contribution in [3.05, 3.63) is 0 Å². The molecule has 0 saturated heterocycles. The molecule has 0 saturated carbocycles. The summed E-state index contributed by atoms with van der Waals surface area (Å²) in [6, 6.07) is -0.652.